The van der Waals surface area contributed by atoms with Crippen LogP contribution in [-0.2, 0) is 5.41 Å². The van der Waals surface area contributed by atoms with Crippen LogP contribution in [0.4, 0.5) is 0 Å². The minimum absolute atomic E-state index is 0.110. The van der Waals surface area contributed by atoms with E-state index >= 15 is 0 Å². The molecule has 0 unspecified atom stereocenters. The summed E-state index contributed by atoms with van der Waals surface area (Å²) in [4.78, 5) is 10.3. The molecule has 0 atom stereocenters. The molecule has 0 radical (unpaired) electrons. The molecular formula is C53H37N3. The molecule has 0 fully saturated rings. The van der Waals surface area contributed by atoms with Gasteiger partial charge in [0.05, 0.1) is 22.4 Å². The van der Waals surface area contributed by atoms with Gasteiger partial charge in [-0.1, -0.05) is 166 Å². The largest absolute Gasteiger partial charge is 0.309 e. The molecule has 10 aromatic rings. The van der Waals surface area contributed by atoms with Crippen molar-refractivity contribution in [2.45, 2.75) is 19.3 Å². The molecule has 1 aliphatic carbocycles. The van der Waals surface area contributed by atoms with Gasteiger partial charge >= 0.3 is 0 Å². The van der Waals surface area contributed by atoms with E-state index in [1.54, 1.807) is 0 Å². The van der Waals surface area contributed by atoms with Crippen LogP contribution in [0.3, 0.4) is 0 Å². The topological polar surface area (TPSA) is 30.7 Å². The Balaban J connectivity index is 1.17. The lowest BCUT2D eigenvalue weighted by Crippen LogP contribution is -2.14. The fourth-order valence-electron chi connectivity index (χ4n) is 9.08. The number of nitrogens with zero attached hydrogens (tertiary/aromatic N) is 3. The number of hydrogen-bond donors (Lipinski definition) is 0. The molecule has 3 heteroatoms. The first-order valence-corrected chi connectivity index (χ1v) is 19.3. The number of hydrogen-bond acceptors (Lipinski definition) is 2. The number of para-hydroxylation sites is 1. The van der Waals surface area contributed by atoms with Crippen LogP contribution in [0.2, 0.25) is 0 Å². The van der Waals surface area contributed by atoms with Crippen LogP contribution in [0.15, 0.2) is 188 Å². The Morgan fingerprint density at radius 2 is 1.07 bits per heavy atom. The van der Waals surface area contributed by atoms with E-state index in [4.69, 9.17) is 9.97 Å². The summed E-state index contributed by atoms with van der Waals surface area (Å²) >= 11 is 0. The highest BCUT2D eigenvalue weighted by atomic mass is 15.0. The summed E-state index contributed by atoms with van der Waals surface area (Å²) in [5, 5.41) is 4.94. The van der Waals surface area contributed by atoms with Crippen molar-refractivity contribution in [3.8, 4) is 61.8 Å². The van der Waals surface area contributed by atoms with Crippen molar-refractivity contribution in [2.24, 2.45) is 0 Å². The molecule has 264 valence electrons. The lowest BCUT2D eigenvalue weighted by atomic mass is 9.81. The second-order valence-electron chi connectivity index (χ2n) is 15.4. The minimum Gasteiger partial charge on any atom is -0.309 e. The summed E-state index contributed by atoms with van der Waals surface area (Å²) in [5.74, 6) is 0.708. The van der Waals surface area contributed by atoms with Gasteiger partial charge in [-0.05, 0) is 75.0 Å². The zero-order valence-corrected chi connectivity index (χ0v) is 31.2. The SMILES string of the molecule is CC1(C)c2ccccc2-c2ccc(-c3c4ccccc4cc4c5ccccc5n(-c5cccc(-c6cc(-c7ccccc7)nc(-c7ccccc7)n6)c5)c34)cc21. The van der Waals surface area contributed by atoms with Gasteiger partial charge in [-0.3, -0.25) is 0 Å². The van der Waals surface area contributed by atoms with Crippen molar-refractivity contribution in [1.29, 1.82) is 0 Å². The molecule has 56 heavy (non-hydrogen) atoms. The Labute approximate surface area is 326 Å². The van der Waals surface area contributed by atoms with E-state index < -0.39 is 0 Å². The molecule has 1 aliphatic rings. The summed E-state index contributed by atoms with van der Waals surface area (Å²) in [6, 6.07) is 67.7. The fraction of sp³-hybridized carbons (Fsp3) is 0.0566. The maximum absolute atomic E-state index is 5.20. The van der Waals surface area contributed by atoms with Gasteiger partial charge in [-0.2, -0.15) is 0 Å². The highest BCUT2D eigenvalue weighted by molar-refractivity contribution is 6.21. The Kier molecular flexibility index (Phi) is 7.20. The van der Waals surface area contributed by atoms with Gasteiger partial charge in [0, 0.05) is 44.1 Å². The fourth-order valence-corrected chi connectivity index (χ4v) is 9.08. The van der Waals surface area contributed by atoms with Gasteiger partial charge < -0.3 is 4.57 Å². The highest BCUT2D eigenvalue weighted by Gasteiger charge is 2.35. The predicted molar refractivity (Wildman–Crippen MR) is 233 cm³/mol. The monoisotopic (exact) mass is 715 g/mol. The second kappa shape index (κ2) is 12.5. The first-order valence-electron chi connectivity index (χ1n) is 19.3. The van der Waals surface area contributed by atoms with E-state index in [2.05, 4.69) is 182 Å². The molecule has 2 heterocycles. The molecule has 0 spiro atoms. The summed E-state index contributed by atoms with van der Waals surface area (Å²) in [7, 11) is 0. The number of aromatic nitrogens is 3. The van der Waals surface area contributed by atoms with E-state index in [1.165, 1.54) is 66.0 Å². The zero-order chi connectivity index (χ0) is 37.4. The van der Waals surface area contributed by atoms with Crippen LogP contribution < -0.4 is 0 Å². The van der Waals surface area contributed by atoms with Crippen molar-refractivity contribution < 1.29 is 0 Å². The lowest BCUT2D eigenvalue weighted by Gasteiger charge is -2.22. The summed E-state index contributed by atoms with van der Waals surface area (Å²) in [6.45, 7) is 4.73. The summed E-state index contributed by atoms with van der Waals surface area (Å²) in [5.41, 5.74) is 16.1. The van der Waals surface area contributed by atoms with Gasteiger partial charge in [-0.25, -0.2) is 9.97 Å². The quantitative estimate of drug-likeness (QED) is 0.178. The normalized spacial score (nSPS) is 13.0. The number of fused-ring (bicyclic) bond motifs is 7. The zero-order valence-electron chi connectivity index (χ0n) is 31.2. The third-order valence-corrected chi connectivity index (χ3v) is 11.8. The minimum atomic E-state index is -0.110. The van der Waals surface area contributed by atoms with E-state index in [-0.39, 0.29) is 5.41 Å². The van der Waals surface area contributed by atoms with E-state index in [0.717, 1.165) is 33.8 Å². The molecule has 3 nitrogen and oxygen atoms in total. The van der Waals surface area contributed by atoms with Gasteiger partial charge in [0.15, 0.2) is 5.82 Å². The molecule has 8 aromatic carbocycles. The standard InChI is InChI=1S/C53H37N3/c1-53(2)45-26-13-11-24-41(45)42-29-28-38(32-46(42)53)50-40-23-10-9-20-36(40)31-44-43-25-12-14-27-49(43)56(51(44)50)39-22-15-21-37(30-39)48-33-47(34-16-5-3-6-17-34)54-52(55-48)35-18-7-4-8-19-35/h3-33H,1-2H3. The van der Waals surface area contributed by atoms with Crippen LogP contribution in [0, 0.1) is 0 Å². The first kappa shape index (κ1) is 32.3. The van der Waals surface area contributed by atoms with Crippen molar-refractivity contribution in [1.82, 2.24) is 14.5 Å². The Morgan fingerprint density at radius 1 is 0.429 bits per heavy atom. The molecule has 0 aliphatic heterocycles. The molecular weight excluding hydrogens is 679 g/mol. The molecule has 0 bridgehead atoms. The van der Waals surface area contributed by atoms with Gasteiger partial charge in [-0.15, -0.1) is 0 Å². The molecule has 2 aromatic heterocycles. The van der Waals surface area contributed by atoms with E-state index in [9.17, 15) is 0 Å². The average Bonchev–Trinajstić information content (AvgIpc) is 3.71. The second-order valence-corrected chi connectivity index (χ2v) is 15.4. The Bertz CT molecular complexity index is 3100. The molecule has 0 saturated heterocycles. The van der Waals surface area contributed by atoms with Crippen molar-refractivity contribution in [3.05, 3.63) is 199 Å². The van der Waals surface area contributed by atoms with E-state index in [0.29, 0.717) is 5.82 Å². The van der Waals surface area contributed by atoms with Crippen molar-refractivity contribution >= 4 is 32.6 Å². The van der Waals surface area contributed by atoms with E-state index in [1.807, 2.05) is 24.3 Å². The third kappa shape index (κ3) is 4.98. The van der Waals surface area contributed by atoms with Gasteiger partial charge in [0.2, 0.25) is 0 Å². The molecule has 0 saturated carbocycles. The molecule has 0 N–H and O–H groups in total. The van der Waals surface area contributed by atoms with Crippen LogP contribution >= 0.6 is 0 Å². The Hall–Kier alpha value is -7.10. The van der Waals surface area contributed by atoms with Crippen molar-refractivity contribution in [2.75, 3.05) is 0 Å². The van der Waals surface area contributed by atoms with Crippen molar-refractivity contribution in [3.63, 3.8) is 0 Å². The first-order chi connectivity index (χ1) is 27.5. The summed E-state index contributed by atoms with van der Waals surface area (Å²) in [6.07, 6.45) is 0. The maximum atomic E-state index is 5.20. The van der Waals surface area contributed by atoms with Gasteiger partial charge in [0.1, 0.15) is 0 Å². The molecule has 11 rings (SSSR count). The predicted octanol–water partition coefficient (Wildman–Crippen LogP) is 13.7. The highest BCUT2D eigenvalue weighted by Crippen LogP contribution is 2.51. The maximum Gasteiger partial charge on any atom is 0.160 e. The number of rotatable bonds is 5. The Morgan fingerprint density at radius 3 is 1.89 bits per heavy atom. The molecule has 0 amide bonds. The number of benzene rings is 8. The van der Waals surface area contributed by atoms with Crippen LogP contribution in [0.1, 0.15) is 25.0 Å². The smallest absolute Gasteiger partial charge is 0.160 e. The summed E-state index contributed by atoms with van der Waals surface area (Å²) < 4.78 is 2.47. The lowest BCUT2D eigenvalue weighted by molar-refractivity contribution is 0.660. The average molecular weight is 716 g/mol. The van der Waals surface area contributed by atoms with Crippen LogP contribution in [0.5, 0.6) is 0 Å². The third-order valence-electron chi connectivity index (χ3n) is 11.8. The van der Waals surface area contributed by atoms with Gasteiger partial charge in [0.25, 0.3) is 0 Å². The van der Waals surface area contributed by atoms with Crippen LogP contribution in [-0.4, -0.2) is 14.5 Å². The van der Waals surface area contributed by atoms with Crippen LogP contribution in [0.25, 0.3) is 94.4 Å².